The summed E-state index contributed by atoms with van der Waals surface area (Å²) in [4.78, 5) is 11.3. The molecular formula is C14H22N2O3. The van der Waals surface area contributed by atoms with Crippen LogP contribution in [0.25, 0.3) is 0 Å². The Morgan fingerprint density at radius 1 is 1.16 bits per heavy atom. The summed E-state index contributed by atoms with van der Waals surface area (Å²) in [5.41, 5.74) is 1.74. The average molecular weight is 266 g/mol. The zero-order valence-corrected chi connectivity index (χ0v) is 11.9. The fourth-order valence-electron chi connectivity index (χ4n) is 1.56. The molecule has 2 unspecified atom stereocenters. The van der Waals surface area contributed by atoms with E-state index in [1.807, 2.05) is 31.2 Å². The third kappa shape index (κ3) is 5.28. The maximum Gasteiger partial charge on any atom is 0.250 e. The van der Waals surface area contributed by atoms with Gasteiger partial charge in [-0.15, -0.1) is 0 Å². The highest BCUT2D eigenvalue weighted by Gasteiger charge is 2.10. The summed E-state index contributed by atoms with van der Waals surface area (Å²) in [5, 5.41) is 6.08. The van der Waals surface area contributed by atoms with Gasteiger partial charge in [-0.1, -0.05) is 0 Å². The Kier molecular flexibility index (Phi) is 6.32. The summed E-state index contributed by atoms with van der Waals surface area (Å²) in [5.74, 6) is -0.162. The molecule has 2 N–H and O–H groups in total. The van der Waals surface area contributed by atoms with Gasteiger partial charge in [-0.05, 0) is 38.1 Å². The van der Waals surface area contributed by atoms with Crippen molar-refractivity contribution in [1.29, 1.82) is 0 Å². The number of amides is 1. The smallest absolute Gasteiger partial charge is 0.250 e. The predicted molar refractivity (Wildman–Crippen MR) is 76.5 cm³/mol. The van der Waals surface area contributed by atoms with Crippen LogP contribution in [0, 0.1) is 0 Å². The highest BCUT2D eigenvalue weighted by atomic mass is 16.5. The number of nitrogens with one attached hydrogen (secondary N) is 2. The van der Waals surface area contributed by atoms with Gasteiger partial charge in [0.25, 0.3) is 0 Å². The van der Waals surface area contributed by atoms with Crippen molar-refractivity contribution in [2.45, 2.75) is 26.0 Å². The Balaban J connectivity index is 2.54. The van der Waals surface area contributed by atoms with E-state index in [0.29, 0.717) is 0 Å². The van der Waals surface area contributed by atoms with Crippen molar-refractivity contribution in [3.05, 3.63) is 24.3 Å². The third-order valence-corrected chi connectivity index (χ3v) is 2.91. The van der Waals surface area contributed by atoms with Crippen molar-refractivity contribution in [2.75, 3.05) is 31.5 Å². The van der Waals surface area contributed by atoms with Crippen molar-refractivity contribution < 1.29 is 14.3 Å². The lowest BCUT2D eigenvalue weighted by Crippen LogP contribution is -2.29. The second kappa shape index (κ2) is 7.76. The number of benzene rings is 1. The van der Waals surface area contributed by atoms with E-state index in [1.165, 1.54) is 7.11 Å². The van der Waals surface area contributed by atoms with E-state index < -0.39 is 0 Å². The number of ether oxygens (including phenoxy) is 2. The minimum atomic E-state index is -0.162. The van der Waals surface area contributed by atoms with Crippen molar-refractivity contribution in [3.63, 3.8) is 0 Å². The molecule has 19 heavy (non-hydrogen) atoms. The van der Waals surface area contributed by atoms with E-state index in [0.717, 1.165) is 11.4 Å². The number of hydrogen-bond donors (Lipinski definition) is 2. The molecule has 1 amide bonds. The van der Waals surface area contributed by atoms with Crippen LogP contribution in [0.1, 0.15) is 13.8 Å². The average Bonchev–Trinajstić information content (AvgIpc) is 2.40. The SMILES string of the molecule is COCC(=O)Nc1ccc(NC(C)C(C)OC)cc1. The number of methoxy groups -OCH3 is 2. The lowest BCUT2D eigenvalue weighted by atomic mass is 10.2. The summed E-state index contributed by atoms with van der Waals surface area (Å²) < 4.78 is 10.0. The van der Waals surface area contributed by atoms with E-state index in [1.54, 1.807) is 7.11 Å². The first-order valence-electron chi connectivity index (χ1n) is 6.25. The minimum absolute atomic E-state index is 0.0579. The van der Waals surface area contributed by atoms with E-state index >= 15 is 0 Å². The lowest BCUT2D eigenvalue weighted by Gasteiger charge is -2.21. The highest BCUT2D eigenvalue weighted by Crippen LogP contribution is 2.15. The maximum absolute atomic E-state index is 11.3. The van der Waals surface area contributed by atoms with E-state index in [4.69, 9.17) is 9.47 Å². The molecule has 0 fully saturated rings. The van der Waals surface area contributed by atoms with Gasteiger partial charge in [0, 0.05) is 31.6 Å². The van der Waals surface area contributed by atoms with E-state index in [2.05, 4.69) is 17.6 Å². The zero-order valence-electron chi connectivity index (χ0n) is 11.9. The zero-order chi connectivity index (χ0) is 14.3. The topological polar surface area (TPSA) is 59.6 Å². The molecule has 0 aliphatic rings. The molecule has 0 aliphatic heterocycles. The number of rotatable bonds is 7. The number of anilines is 2. The van der Waals surface area contributed by atoms with Crippen LogP contribution in [0.4, 0.5) is 11.4 Å². The molecule has 0 bridgehead atoms. The van der Waals surface area contributed by atoms with Crippen molar-refractivity contribution >= 4 is 17.3 Å². The molecular weight excluding hydrogens is 244 g/mol. The van der Waals surface area contributed by atoms with Gasteiger partial charge in [0.15, 0.2) is 0 Å². The van der Waals surface area contributed by atoms with Gasteiger partial charge >= 0.3 is 0 Å². The molecule has 1 aromatic carbocycles. The molecule has 5 nitrogen and oxygen atoms in total. The van der Waals surface area contributed by atoms with Crippen LogP contribution in [-0.4, -0.2) is 38.9 Å². The largest absolute Gasteiger partial charge is 0.380 e. The molecule has 0 spiro atoms. The third-order valence-electron chi connectivity index (χ3n) is 2.91. The van der Waals surface area contributed by atoms with E-state index in [9.17, 15) is 4.79 Å². The molecule has 2 atom stereocenters. The van der Waals surface area contributed by atoms with Crippen LogP contribution >= 0.6 is 0 Å². The Hall–Kier alpha value is -1.59. The fraction of sp³-hybridized carbons (Fsp3) is 0.500. The summed E-state index contributed by atoms with van der Waals surface area (Å²) in [6.07, 6.45) is 0.126. The van der Waals surface area contributed by atoms with Gasteiger partial charge in [-0.25, -0.2) is 0 Å². The summed E-state index contributed by atoms with van der Waals surface area (Å²) >= 11 is 0. The normalized spacial score (nSPS) is 13.7. The number of hydrogen-bond acceptors (Lipinski definition) is 4. The Labute approximate surface area is 114 Å². The molecule has 5 heteroatoms. The van der Waals surface area contributed by atoms with Crippen LogP contribution in [-0.2, 0) is 14.3 Å². The number of carbonyl (C=O) groups is 1. The minimum Gasteiger partial charge on any atom is -0.380 e. The standard InChI is InChI=1S/C14H22N2O3/c1-10(11(2)19-4)15-12-5-7-13(8-6-12)16-14(17)9-18-3/h5-8,10-11,15H,9H2,1-4H3,(H,16,17). The lowest BCUT2D eigenvalue weighted by molar-refractivity contribution is -0.119. The van der Waals surface area contributed by atoms with Crippen molar-refractivity contribution in [1.82, 2.24) is 0 Å². The molecule has 0 aromatic heterocycles. The first kappa shape index (κ1) is 15.5. The first-order valence-corrected chi connectivity index (χ1v) is 6.25. The van der Waals surface area contributed by atoms with E-state index in [-0.39, 0.29) is 24.7 Å². The van der Waals surface area contributed by atoms with Crippen LogP contribution in [0.5, 0.6) is 0 Å². The molecule has 1 aromatic rings. The van der Waals surface area contributed by atoms with Gasteiger partial charge in [0.2, 0.25) is 5.91 Å². The quantitative estimate of drug-likeness (QED) is 0.793. The first-order chi connectivity index (χ1) is 9.06. The van der Waals surface area contributed by atoms with Crippen LogP contribution in [0.2, 0.25) is 0 Å². The van der Waals surface area contributed by atoms with Crippen molar-refractivity contribution in [2.24, 2.45) is 0 Å². The highest BCUT2D eigenvalue weighted by molar-refractivity contribution is 5.91. The summed E-state index contributed by atoms with van der Waals surface area (Å²) in [7, 11) is 3.18. The van der Waals surface area contributed by atoms with Crippen LogP contribution < -0.4 is 10.6 Å². The second-order valence-electron chi connectivity index (χ2n) is 4.43. The van der Waals surface area contributed by atoms with Gasteiger partial charge in [-0.3, -0.25) is 4.79 Å². The number of carbonyl (C=O) groups excluding carboxylic acids is 1. The fourth-order valence-corrected chi connectivity index (χ4v) is 1.56. The maximum atomic E-state index is 11.3. The van der Waals surface area contributed by atoms with Gasteiger partial charge in [0.05, 0.1) is 6.10 Å². The molecule has 106 valence electrons. The van der Waals surface area contributed by atoms with Gasteiger partial charge in [-0.2, -0.15) is 0 Å². The Bertz CT molecular complexity index is 392. The Morgan fingerprint density at radius 3 is 2.26 bits per heavy atom. The molecule has 0 saturated carbocycles. The summed E-state index contributed by atoms with van der Waals surface area (Å²) in [6, 6.07) is 7.74. The molecule has 0 radical (unpaired) electrons. The molecule has 0 aliphatic carbocycles. The van der Waals surface area contributed by atoms with Crippen LogP contribution in [0.15, 0.2) is 24.3 Å². The molecule has 1 rings (SSSR count). The summed E-state index contributed by atoms with van der Waals surface area (Å²) in [6.45, 7) is 4.13. The van der Waals surface area contributed by atoms with Gasteiger partial charge < -0.3 is 20.1 Å². The predicted octanol–water partition coefficient (Wildman–Crippen LogP) is 2.11. The molecule has 0 saturated heterocycles. The monoisotopic (exact) mass is 266 g/mol. The van der Waals surface area contributed by atoms with Crippen molar-refractivity contribution in [3.8, 4) is 0 Å². The van der Waals surface area contributed by atoms with Gasteiger partial charge in [0.1, 0.15) is 6.61 Å². The van der Waals surface area contributed by atoms with Crippen LogP contribution in [0.3, 0.4) is 0 Å². The Morgan fingerprint density at radius 2 is 1.74 bits per heavy atom. The second-order valence-corrected chi connectivity index (χ2v) is 4.43. The molecule has 0 heterocycles.